The minimum absolute atomic E-state index is 0.0174. The molecule has 1 aromatic rings. The van der Waals surface area contributed by atoms with Crippen LogP contribution in [0.5, 0.6) is 0 Å². The summed E-state index contributed by atoms with van der Waals surface area (Å²) >= 11 is 0. The number of hydrogen-bond acceptors (Lipinski definition) is 6. The van der Waals surface area contributed by atoms with Gasteiger partial charge >= 0.3 is 5.97 Å². The van der Waals surface area contributed by atoms with E-state index in [1.807, 2.05) is 6.92 Å². The van der Waals surface area contributed by atoms with Crippen LogP contribution in [0.1, 0.15) is 36.5 Å². The normalized spacial score (nSPS) is 17.4. The maximum Gasteiger partial charge on any atom is 0.338 e. The standard InChI is InChI=1S/C19H27N3O6S/c1-14-7-4-5-10-22(14)29(26,27)16-9-6-8-15(11-16)19(25)28-13-18(24)21(3)12-17(23)20-2/h6,8-9,11,14H,4-5,7,10,12-13H2,1-3H3,(H,20,23)/t14-/m0/s1. The third-order valence-electron chi connectivity index (χ3n) is 4.83. The van der Waals surface area contributed by atoms with Crippen LogP contribution in [0, 0.1) is 0 Å². The molecular formula is C19H27N3O6S. The van der Waals surface area contributed by atoms with Crippen molar-refractivity contribution in [3.63, 3.8) is 0 Å². The van der Waals surface area contributed by atoms with E-state index in [0.717, 1.165) is 24.2 Å². The van der Waals surface area contributed by atoms with E-state index in [0.29, 0.717) is 6.54 Å². The van der Waals surface area contributed by atoms with Crippen LogP contribution in [0.2, 0.25) is 0 Å². The summed E-state index contributed by atoms with van der Waals surface area (Å²) in [4.78, 5) is 36.7. The topological polar surface area (TPSA) is 113 Å². The molecule has 1 N–H and O–H groups in total. The number of esters is 1. The van der Waals surface area contributed by atoms with Crippen LogP contribution in [0.3, 0.4) is 0 Å². The van der Waals surface area contributed by atoms with Gasteiger partial charge in [-0.15, -0.1) is 0 Å². The minimum atomic E-state index is -3.72. The number of ether oxygens (including phenoxy) is 1. The molecule has 0 aromatic heterocycles. The molecule has 0 radical (unpaired) electrons. The summed E-state index contributed by atoms with van der Waals surface area (Å²) in [6.07, 6.45) is 2.59. The van der Waals surface area contributed by atoms with Gasteiger partial charge in [-0.2, -0.15) is 4.31 Å². The summed E-state index contributed by atoms with van der Waals surface area (Å²) in [5.41, 5.74) is 0.0393. The van der Waals surface area contributed by atoms with E-state index in [1.165, 1.54) is 42.7 Å². The molecule has 29 heavy (non-hydrogen) atoms. The fourth-order valence-corrected chi connectivity index (χ4v) is 4.80. The van der Waals surface area contributed by atoms with E-state index in [2.05, 4.69) is 5.32 Å². The van der Waals surface area contributed by atoms with Gasteiger partial charge in [-0.25, -0.2) is 13.2 Å². The van der Waals surface area contributed by atoms with Gasteiger partial charge in [0.2, 0.25) is 15.9 Å². The zero-order valence-electron chi connectivity index (χ0n) is 16.9. The molecule has 0 aliphatic carbocycles. The molecule has 0 unspecified atom stereocenters. The van der Waals surface area contributed by atoms with E-state index >= 15 is 0 Å². The number of nitrogens with one attached hydrogen (secondary N) is 1. The Morgan fingerprint density at radius 2 is 2.00 bits per heavy atom. The Balaban J connectivity index is 2.05. The van der Waals surface area contributed by atoms with Crippen LogP contribution >= 0.6 is 0 Å². The molecule has 10 heteroatoms. The first kappa shape index (κ1) is 22.8. The summed E-state index contributed by atoms with van der Waals surface area (Å²) in [5, 5.41) is 2.39. The first-order chi connectivity index (χ1) is 13.7. The van der Waals surface area contributed by atoms with Crippen LogP contribution in [0.4, 0.5) is 0 Å². The molecule has 2 rings (SSSR count). The number of carbonyl (C=O) groups is 3. The number of carbonyl (C=O) groups excluding carboxylic acids is 3. The lowest BCUT2D eigenvalue weighted by atomic mass is 10.1. The molecule has 1 aromatic carbocycles. The lowest BCUT2D eigenvalue weighted by Gasteiger charge is -2.32. The van der Waals surface area contributed by atoms with Crippen molar-refractivity contribution in [2.24, 2.45) is 0 Å². The molecule has 1 fully saturated rings. The van der Waals surface area contributed by atoms with Gasteiger partial charge < -0.3 is 15.0 Å². The molecule has 1 atom stereocenters. The van der Waals surface area contributed by atoms with Crippen LogP contribution < -0.4 is 5.32 Å². The minimum Gasteiger partial charge on any atom is -0.452 e. The van der Waals surface area contributed by atoms with E-state index in [9.17, 15) is 22.8 Å². The fourth-order valence-electron chi connectivity index (χ4n) is 3.05. The van der Waals surface area contributed by atoms with E-state index in [4.69, 9.17) is 4.74 Å². The van der Waals surface area contributed by atoms with Crippen molar-refractivity contribution in [1.82, 2.24) is 14.5 Å². The first-order valence-corrected chi connectivity index (χ1v) is 10.8. The Kier molecular flexibility index (Phi) is 7.74. The van der Waals surface area contributed by atoms with Crippen molar-refractivity contribution in [3.05, 3.63) is 29.8 Å². The molecular weight excluding hydrogens is 398 g/mol. The third-order valence-corrected chi connectivity index (χ3v) is 6.84. The highest BCUT2D eigenvalue weighted by molar-refractivity contribution is 7.89. The first-order valence-electron chi connectivity index (χ1n) is 9.40. The summed E-state index contributed by atoms with van der Waals surface area (Å²) in [6, 6.07) is 5.50. The predicted molar refractivity (Wildman–Crippen MR) is 106 cm³/mol. The van der Waals surface area contributed by atoms with Crippen LogP contribution in [-0.2, 0) is 24.3 Å². The van der Waals surface area contributed by atoms with E-state index in [1.54, 1.807) is 0 Å². The maximum absolute atomic E-state index is 12.9. The van der Waals surface area contributed by atoms with Crippen LogP contribution in [-0.4, -0.2) is 75.2 Å². The summed E-state index contributed by atoms with van der Waals surface area (Å²) in [5.74, 6) is -1.71. The molecule has 1 aliphatic heterocycles. The average molecular weight is 426 g/mol. The fraction of sp³-hybridized carbons (Fsp3) is 0.526. The number of amides is 2. The van der Waals surface area contributed by atoms with Gasteiger partial charge in [-0.1, -0.05) is 12.5 Å². The molecule has 0 spiro atoms. The van der Waals surface area contributed by atoms with Gasteiger partial charge in [0.1, 0.15) is 0 Å². The second-order valence-corrected chi connectivity index (χ2v) is 8.88. The molecule has 1 saturated heterocycles. The Hall–Kier alpha value is -2.46. The van der Waals surface area contributed by atoms with Gasteiger partial charge in [-0.05, 0) is 38.0 Å². The molecule has 2 amide bonds. The average Bonchev–Trinajstić information content (AvgIpc) is 2.71. The molecule has 1 heterocycles. The highest BCUT2D eigenvalue weighted by Gasteiger charge is 2.31. The quantitative estimate of drug-likeness (QED) is 0.641. The van der Waals surface area contributed by atoms with E-state index in [-0.39, 0.29) is 29.0 Å². The Labute approximate surface area is 171 Å². The van der Waals surface area contributed by atoms with Gasteiger partial charge in [0.05, 0.1) is 17.0 Å². The Morgan fingerprint density at radius 1 is 1.28 bits per heavy atom. The van der Waals surface area contributed by atoms with Gasteiger partial charge in [0, 0.05) is 26.7 Å². The Morgan fingerprint density at radius 3 is 2.66 bits per heavy atom. The van der Waals surface area contributed by atoms with Crippen molar-refractivity contribution >= 4 is 27.8 Å². The van der Waals surface area contributed by atoms with E-state index < -0.39 is 28.5 Å². The van der Waals surface area contributed by atoms with Crippen LogP contribution in [0.25, 0.3) is 0 Å². The lowest BCUT2D eigenvalue weighted by Crippen LogP contribution is -2.41. The number of sulfonamides is 1. The van der Waals surface area contributed by atoms with Crippen molar-refractivity contribution in [2.75, 3.05) is 33.8 Å². The largest absolute Gasteiger partial charge is 0.452 e. The molecule has 9 nitrogen and oxygen atoms in total. The van der Waals surface area contributed by atoms with Gasteiger partial charge in [-0.3, -0.25) is 9.59 Å². The number of benzene rings is 1. The summed E-state index contributed by atoms with van der Waals surface area (Å²) in [6.45, 7) is 1.61. The molecule has 0 bridgehead atoms. The number of nitrogens with zero attached hydrogens (tertiary/aromatic N) is 2. The maximum atomic E-state index is 12.9. The number of likely N-dealkylation sites (N-methyl/N-ethyl adjacent to an activating group) is 2. The second kappa shape index (κ2) is 9.84. The monoisotopic (exact) mass is 425 g/mol. The molecule has 0 saturated carbocycles. The predicted octanol–water partition coefficient (Wildman–Crippen LogP) is 0.611. The molecule has 160 valence electrons. The summed E-state index contributed by atoms with van der Waals surface area (Å²) < 4.78 is 32.3. The van der Waals surface area contributed by atoms with Gasteiger partial charge in [0.15, 0.2) is 6.61 Å². The number of rotatable bonds is 7. The molecule has 1 aliphatic rings. The summed E-state index contributed by atoms with van der Waals surface area (Å²) in [7, 11) is -0.857. The van der Waals surface area contributed by atoms with Gasteiger partial charge in [0.25, 0.3) is 5.91 Å². The van der Waals surface area contributed by atoms with Crippen molar-refractivity contribution in [3.8, 4) is 0 Å². The number of hydrogen-bond donors (Lipinski definition) is 1. The highest BCUT2D eigenvalue weighted by Crippen LogP contribution is 2.25. The lowest BCUT2D eigenvalue weighted by molar-refractivity contribution is -0.137. The van der Waals surface area contributed by atoms with Crippen molar-refractivity contribution < 1.29 is 27.5 Å². The SMILES string of the molecule is CNC(=O)CN(C)C(=O)COC(=O)c1cccc(S(=O)(=O)N2CCCC[C@@H]2C)c1. The Bertz CT molecular complexity index is 870. The highest BCUT2D eigenvalue weighted by atomic mass is 32.2. The number of piperidine rings is 1. The smallest absolute Gasteiger partial charge is 0.338 e. The van der Waals surface area contributed by atoms with Crippen LogP contribution in [0.15, 0.2) is 29.2 Å². The van der Waals surface area contributed by atoms with Crippen molar-refractivity contribution in [2.45, 2.75) is 37.1 Å². The van der Waals surface area contributed by atoms with Crippen molar-refractivity contribution in [1.29, 1.82) is 0 Å². The zero-order chi connectivity index (χ0) is 21.6. The zero-order valence-corrected chi connectivity index (χ0v) is 17.7. The third kappa shape index (κ3) is 5.77. The second-order valence-electron chi connectivity index (χ2n) is 6.99.